The van der Waals surface area contributed by atoms with E-state index in [9.17, 15) is 0 Å². The molecule has 0 aliphatic heterocycles. The largest absolute Gasteiger partial charge is 0.228 e. The second kappa shape index (κ2) is 11.7. The number of hydrogen-bond donors (Lipinski definition) is 0. The van der Waals surface area contributed by atoms with E-state index in [4.69, 9.17) is 9.97 Å². The molecule has 0 bridgehead atoms. The van der Waals surface area contributed by atoms with Gasteiger partial charge in [-0.05, 0) is 130 Å². The normalized spacial score (nSPS) is 19.2. The van der Waals surface area contributed by atoms with Gasteiger partial charge in [0.2, 0.25) is 0 Å². The minimum Gasteiger partial charge on any atom is -0.228 e. The topological polar surface area (TPSA) is 25.8 Å². The molecule has 0 unspecified atom stereocenters. The Morgan fingerprint density at radius 2 is 0.614 bits per heavy atom. The van der Waals surface area contributed by atoms with Crippen molar-refractivity contribution in [3.8, 4) is 67.3 Å². The van der Waals surface area contributed by atoms with Gasteiger partial charge in [0.25, 0.3) is 0 Å². The van der Waals surface area contributed by atoms with Crippen molar-refractivity contribution in [3.63, 3.8) is 0 Å². The van der Waals surface area contributed by atoms with Crippen LogP contribution in [0.25, 0.3) is 67.3 Å². The fraction of sp³-hybridized carbons (Fsp3) is 0.273. The van der Waals surface area contributed by atoms with Crippen LogP contribution >= 0.6 is 0 Å². The van der Waals surface area contributed by atoms with Crippen molar-refractivity contribution in [2.24, 2.45) is 0 Å². The first kappa shape index (κ1) is 32.5. The molecule has 6 aromatic carbocycles. The van der Waals surface area contributed by atoms with Gasteiger partial charge in [-0.3, -0.25) is 0 Å². The highest BCUT2D eigenvalue weighted by molar-refractivity contribution is 5.88. The first-order valence-corrected chi connectivity index (χ1v) is 21.8. The van der Waals surface area contributed by atoms with E-state index in [1.807, 2.05) is 0 Å². The maximum absolute atomic E-state index is 5.54. The van der Waals surface area contributed by atoms with Crippen LogP contribution in [0.2, 0.25) is 0 Å². The summed E-state index contributed by atoms with van der Waals surface area (Å²) in [5.74, 6) is 0.827. The standard InChI is InChI=1S/C55H46N2/c1-4-16-44-38(13-1)41-22-19-35(31-47(41)53(44)25-7-8-26-53)50-34-51(36-20-23-42-39-14-2-5-17-45(39)54(48(42)32-36)27-9-10-28-54)57-52(56-50)37-21-24-43-40-15-3-6-18-46(40)55(49(43)33-37)29-11-12-30-55/h1-6,13-24,31-34H,7-12,25-30H2. The lowest BCUT2D eigenvalue weighted by molar-refractivity contribution is 0.550. The average Bonchev–Trinajstić information content (AvgIpc) is 4.15. The minimum absolute atomic E-state index is 0.0948. The average molecular weight is 735 g/mol. The van der Waals surface area contributed by atoms with Crippen molar-refractivity contribution < 1.29 is 0 Å². The van der Waals surface area contributed by atoms with E-state index in [0.717, 1.165) is 22.8 Å². The van der Waals surface area contributed by atoms with E-state index in [-0.39, 0.29) is 16.2 Å². The Bertz CT molecular complexity index is 2500. The summed E-state index contributed by atoms with van der Waals surface area (Å²) in [6.07, 6.45) is 15.0. The zero-order valence-electron chi connectivity index (χ0n) is 32.6. The highest BCUT2D eigenvalue weighted by Gasteiger charge is 2.47. The molecular formula is C55H46N2. The van der Waals surface area contributed by atoms with E-state index in [1.165, 1.54) is 155 Å². The van der Waals surface area contributed by atoms with Gasteiger partial charge in [-0.2, -0.15) is 0 Å². The monoisotopic (exact) mass is 734 g/mol. The van der Waals surface area contributed by atoms with Crippen LogP contribution in [0.3, 0.4) is 0 Å². The fourth-order valence-corrected chi connectivity index (χ4v) is 13.2. The van der Waals surface area contributed by atoms with Crippen LogP contribution < -0.4 is 0 Å². The Kier molecular flexibility index (Phi) is 6.68. The number of hydrogen-bond acceptors (Lipinski definition) is 2. The number of aromatic nitrogens is 2. The molecule has 0 N–H and O–H groups in total. The van der Waals surface area contributed by atoms with Crippen LogP contribution in [0, 0.1) is 0 Å². The molecule has 0 atom stereocenters. The van der Waals surface area contributed by atoms with Gasteiger partial charge < -0.3 is 0 Å². The second-order valence-corrected chi connectivity index (χ2v) is 18.2. The molecule has 3 saturated carbocycles. The summed E-state index contributed by atoms with van der Waals surface area (Å²) in [5.41, 5.74) is 23.4. The zero-order chi connectivity index (χ0) is 37.3. The smallest absolute Gasteiger partial charge is 0.160 e. The Morgan fingerprint density at radius 1 is 0.298 bits per heavy atom. The lowest BCUT2D eigenvalue weighted by Gasteiger charge is -2.27. The van der Waals surface area contributed by atoms with E-state index in [0.29, 0.717) is 0 Å². The lowest BCUT2D eigenvalue weighted by Crippen LogP contribution is -2.20. The molecule has 6 aliphatic carbocycles. The lowest BCUT2D eigenvalue weighted by atomic mass is 9.76. The van der Waals surface area contributed by atoms with Crippen molar-refractivity contribution in [1.82, 2.24) is 9.97 Å². The van der Waals surface area contributed by atoms with Crippen LogP contribution in [0.15, 0.2) is 133 Å². The van der Waals surface area contributed by atoms with Crippen LogP contribution in [0.4, 0.5) is 0 Å². The van der Waals surface area contributed by atoms with Crippen molar-refractivity contribution in [2.45, 2.75) is 93.3 Å². The highest BCUT2D eigenvalue weighted by Crippen LogP contribution is 2.60. The van der Waals surface area contributed by atoms with E-state index < -0.39 is 0 Å². The Morgan fingerprint density at radius 3 is 1.00 bits per heavy atom. The molecule has 57 heavy (non-hydrogen) atoms. The van der Waals surface area contributed by atoms with Crippen molar-refractivity contribution in [1.29, 1.82) is 0 Å². The molecule has 276 valence electrons. The first-order chi connectivity index (χ1) is 28.2. The summed E-state index contributed by atoms with van der Waals surface area (Å²) in [6, 6.07) is 51.5. The van der Waals surface area contributed by atoms with E-state index >= 15 is 0 Å². The maximum Gasteiger partial charge on any atom is 0.160 e. The molecule has 3 fully saturated rings. The van der Waals surface area contributed by atoms with Gasteiger partial charge in [-0.1, -0.05) is 148 Å². The van der Waals surface area contributed by atoms with Gasteiger partial charge in [-0.25, -0.2) is 9.97 Å². The molecule has 2 heteroatoms. The summed E-state index contributed by atoms with van der Waals surface area (Å²) in [6.45, 7) is 0. The third kappa shape index (κ3) is 4.32. The van der Waals surface area contributed by atoms with Crippen LogP contribution in [-0.2, 0) is 16.2 Å². The fourth-order valence-electron chi connectivity index (χ4n) is 13.2. The molecule has 6 aliphatic rings. The molecule has 3 spiro atoms. The third-order valence-corrected chi connectivity index (χ3v) is 15.8. The molecule has 0 amide bonds. The molecule has 7 aromatic rings. The van der Waals surface area contributed by atoms with Gasteiger partial charge >= 0.3 is 0 Å². The number of rotatable bonds is 3. The van der Waals surface area contributed by atoms with Gasteiger partial charge in [-0.15, -0.1) is 0 Å². The van der Waals surface area contributed by atoms with Crippen LogP contribution in [0.1, 0.15) is 110 Å². The predicted molar refractivity (Wildman–Crippen MR) is 232 cm³/mol. The molecule has 1 heterocycles. The van der Waals surface area contributed by atoms with Crippen molar-refractivity contribution in [3.05, 3.63) is 167 Å². The number of benzene rings is 6. The van der Waals surface area contributed by atoms with Gasteiger partial charge in [0.1, 0.15) is 0 Å². The molecular weight excluding hydrogens is 689 g/mol. The third-order valence-electron chi connectivity index (χ3n) is 15.8. The molecule has 0 radical (unpaired) electrons. The van der Waals surface area contributed by atoms with Gasteiger partial charge in [0.15, 0.2) is 5.82 Å². The molecule has 0 saturated heterocycles. The minimum atomic E-state index is 0.0948. The zero-order valence-corrected chi connectivity index (χ0v) is 32.6. The summed E-state index contributed by atoms with van der Waals surface area (Å²) in [7, 11) is 0. The predicted octanol–water partition coefficient (Wildman–Crippen LogP) is 14.0. The van der Waals surface area contributed by atoms with Crippen LogP contribution in [-0.4, -0.2) is 9.97 Å². The van der Waals surface area contributed by atoms with Crippen molar-refractivity contribution in [2.75, 3.05) is 0 Å². The Labute approximate surface area is 336 Å². The quantitative estimate of drug-likeness (QED) is 0.181. The van der Waals surface area contributed by atoms with E-state index in [2.05, 4.69) is 133 Å². The van der Waals surface area contributed by atoms with Gasteiger partial charge in [0.05, 0.1) is 11.4 Å². The Hall–Kier alpha value is -5.60. The summed E-state index contributed by atoms with van der Waals surface area (Å²) < 4.78 is 0. The summed E-state index contributed by atoms with van der Waals surface area (Å²) >= 11 is 0. The maximum atomic E-state index is 5.54. The number of nitrogens with zero attached hydrogens (tertiary/aromatic N) is 2. The number of fused-ring (bicyclic) bond motifs is 15. The summed E-state index contributed by atoms with van der Waals surface area (Å²) in [5, 5.41) is 0. The molecule has 13 rings (SSSR count). The second-order valence-electron chi connectivity index (χ2n) is 18.2. The Balaban J connectivity index is 1.01. The van der Waals surface area contributed by atoms with E-state index in [1.54, 1.807) is 0 Å². The molecule has 2 nitrogen and oxygen atoms in total. The highest BCUT2D eigenvalue weighted by atomic mass is 14.9. The summed E-state index contributed by atoms with van der Waals surface area (Å²) in [4.78, 5) is 11.1. The van der Waals surface area contributed by atoms with Crippen LogP contribution in [0.5, 0.6) is 0 Å². The SMILES string of the molecule is c1ccc2c(c1)-c1ccc(-c3cc(-c4ccc5c(c4)C4(CCCC4)c4ccccc4-5)nc(-c4ccc5c(c4)C4(CCCC4)c4ccccc4-5)n3)cc1C21CCCC1. The first-order valence-electron chi connectivity index (χ1n) is 21.8. The molecule has 1 aromatic heterocycles. The van der Waals surface area contributed by atoms with Gasteiger partial charge in [0, 0.05) is 32.9 Å². The van der Waals surface area contributed by atoms with Crippen molar-refractivity contribution >= 4 is 0 Å².